The molecule has 0 fully saturated rings. The van der Waals surface area contributed by atoms with Crippen LogP contribution in [0.25, 0.3) is 15.8 Å². The van der Waals surface area contributed by atoms with Crippen LogP contribution in [-0.4, -0.2) is 31.4 Å². The van der Waals surface area contributed by atoms with Crippen molar-refractivity contribution in [3.63, 3.8) is 0 Å². The third-order valence-electron chi connectivity index (χ3n) is 5.11. The van der Waals surface area contributed by atoms with Gasteiger partial charge in [-0.1, -0.05) is 37.3 Å². The largest absolute Gasteiger partial charge is 0.475 e. The van der Waals surface area contributed by atoms with Crippen LogP contribution in [0, 0.1) is 6.92 Å². The molecule has 0 aliphatic heterocycles. The van der Waals surface area contributed by atoms with E-state index in [2.05, 4.69) is 38.8 Å². The van der Waals surface area contributed by atoms with Crippen LogP contribution in [0.3, 0.4) is 0 Å². The second-order valence-corrected chi connectivity index (χ2v) is 8.42. The van der Waals surface area contributed by atoms with E-state index in [9.17, 15) is 4.79 Å². The summed E-state index contributed by atoms with van der Waals surface area (Å²) in [5.74, 6) is 0.520. The predicted octanol–water partition coefficient (Wildman–Crippen LogP) is 4.24. The summed E-state index contributed by atoms with van der Waals surface area (Å²) in [5.41, 5.74) is 3.00. The van der Waals surface area contributed by atoms with Crippen LogP contribution in [0.1, 0.15) is 36.3 Å². The number of aromatic nitrogens is 4. The smallest absolute Gasteiger partial charge is 0.368 e. The minimum atomic E-state index is -0.315. The SMILES string of the molecule is CC/C(=N\N=C(\C)c1cc2ccccc2s1)OCc1c(C)cccc1-n1nnn(C)c1=O. The maximum Gasteiger partial charge on any atom is 0.368 e. The molecule has 2 aromatic heterocycles. The zero-order valence-corrected chi connectivity index (χ0v) is 19.3. The van der Waals surface area contributed by atoms with Crippen molar-refractivity contribution >= 4 is 33.0 Å². The Bertz CT molecular complexity index is 1350. The first-order valence-electron chi connectivity index (χ1n) is 10.3. The van der Waals surface area contributed by atoms with Gasteiger partial charge in [-0.15, -0.1) is 16.4 Å². The Hall–Kier alpha value is -3.59. The van der Waals surface area contributed by atoms with Crippen molar-refractivity contribution < 1.29 is 4.74 Å². The molecule has 0 aliphatic carbocycles. The molecule has 0 aliphatic rings. The first-order chi connectivity index (χ1) is 15.5. The molecular weight excluding hydrogens is 424 g/mol. The fraction of sp³-hybridized carbons (Fsp3) is 0.261. The number of tetrazole rings is 1. The molecule has 0 saturated heterocycles. The van der Waals surface area contributed by atoms with E-state index in [0.29, 0.717) is 18.0 Å². The van der Waals surface area contributed by atoms with Gasteiger partial charge in [-0.25, -0.2) is 4.79 Å². The Morgan fingerprint density at radius 3 is 2.66 bits per heavy atom. The fourth-order valence-corrected chi connectivity index (χ4v) is 4.24. The standard InChI is InChI=1S/C23H24N6O2S/c1-5-22(25-24-16(3)21-13-17-10-6-7-12-20(17)32-21)31-14-18-15(2)9-8-11-19(18)29-23(30)28(4)26-27-29/h6-13H,5,14H2,1-4H3/b24-16-,25-22+. The lowest BCUT2D eigenvalue weighted by molar-refractivity contribution is 0.282. The molecule has 164 valence electrons. The highest BCUT2D eigenvalue weighted by molar-refractivity contribution is 7.20. The number of ether oxygens (including phenoxy) is 1. The molecule has 0 spiro atoms. The molecule has 4 aromatic rings. The molecular formula is C23H24N6O2S. The normalized spacial score (nSPS) is 12.5. The van der Waals surface area contributed by atoms with Crippen molar-refractivity contribution in [1.82, 2.24) is 19.8 Å². The van der Waals surface area contributed by atoms with E-state index in [1.54, 1.807) is 18.4 Å². The summed E-state index contributed by atoms with van der Waals surface area (Å²) >= 11 is 1.69. The summed E-state index contributed by atoms with van der Waals surface area (Å²) in [6, 6.07) is 16.1. The Labute approximate surface area is 189 Å². The molecule has 32 heavy (non-hydrogen) atoms. The Morgan fingerprint density at radius 1 is 1.12 bits per heavy atom. The van der Waals surface area contributed by atoms with Crippen molar-refractivity contribution in [1.29, 1.82) is 0 Å². The fourth-order valence-electron chi connectivity index (χ4n) is 3.24. The summed E-state index contributed by atoms with van der Waals surface area (Å²) in [5, 5.41) is 17.7. The molecule has 8 nitrogen and oxygen atoms in total. The summed E-state index contributed by atoms with van der Waals surface area (Å²) in [4.78, 5) is 13.4. The molecule has 0 radical (unpaired) electrons. The third kappa shape index (κ3) is 4.38. The monoisotopic (exact) mass is 448 g/mol. The molecule has 0 bridgehead atoms. The van der Waals surface area contributed by atoms with Gasteiger partial charge in [-0.3, -0.25) is 0 Å². The van der Waals surface area contributed by atoms with Crippen LogP contribution in [0.2, 0.25) is 0 Å². The van der Waals surface area contributed by atoms with Crippen LogP contribution in [-0.2, 0) is 18.4 Å². The lowest BCUT2D eigenvalue weighted by Gasteiger charge is -2.13. The van der Waals surface area contributed by atoms with Gasteiger partial charge in [0.2, 0.25) is 5.90 Å². The highest BCUT2D eigenvalue weighted by atomic mass is 32.1. The van der Waals surface area contributed by atoms with E-state index in [-0.39, 0.29) is 12.3 Å². The summed E-state index contributed by atoms with van der Waals surface area (Å²) in [6.45, 7) is 6.13. The number of nitrogens with zero attached hydrogens (tertiary/aromatic N) is 6. The van der Waals surface area contributed by atoms with Crippen molar-refractivity contribution in [2.24, 2.45) is 17.3 Å². The van der Waals surface area contributed by atoms with E-state index < -0.39 is 0 Å². The summed E-state index contributed by atoms with van der Waals surface area (Å²) < 4.78 is 9.68. The number of rotatable bonds is 6. The Balaban J connectivity index is 1.56. The number of benzene rings is 2. The number of hydrogen-bond donors (Lipinski definition) is 0. The Morgan fingerprint density at radius 2 is 1.94 bits per heavy atom. The van der Waals surface area contributed by atoms with Gasteiger partial charge in [0.15, 0.2) is 0 Å². The molecule has 0 amide bonds. The molecule has 2 heterocycles. The first kappa shape index (κ1) is 21.6. The van der Waals surface area contributed by atoms with E-state index in [1.807, 2.05) is 51.1 Å². The predicted molar refractivity (Wildman–Crippen MR) is 128 cm³/mol. The lowest BCUT2D eigenvalue weighted by atomic mass is 10.1. The average molecular weight is 449 g/mol. The van der Waals surface area contributed by atoms with Gasteiger partial charge >= 0.3 is 5.69 Å². The van der Waals surface area contributed by atoms with Crippen LogP contribution in [0.5, 0.6) is 0 Å². The zero-order valence-electron chi connectivity index (χ0n) is 18.4. The van der Waals surface area contributed by atoms with Crippen molar-refractivity contribution in [2.45, 2.75) is 33.8 Å². The third-order valence-corrected chi connectivity index (χ3v) is 6.34. The van der Waals surface area contributed by atoms with Crippen LogP contribution in [0.15, 0.2) is 63.5 Å². The van der Waals surface area contributed by atoms with Gasteiger partial charge in [0.05, 0.1) is 16.3 Å². The van der Waals surface area contributed by atoms with Crippen molar-refractivity contribution in [2.75, 3.05) is 0 Å². The molecule has 0 saturated carbocycles. The number of fused-ring (bicyclic) bond motifs is 1. The number of thiophene rings is 1. The molecule has 4 rings (SSSR count). The van der Waals surface area contributed by atoms with Gasteiger partial charge in [0.25, 0.3) is 0 Å². The zero-order chi connectivity index (χ0) is 22.7. The second-order valence-electron chi connectivity index (χ2n) is 7.34. The van der Waals surface area contributed by atoms with Gasteiger partial charge in [-0.2, -0.15) is 14.5 Å². The lowest BCUT2D eigenvalue weighted by Crippen LogP contribution is -2.23. The summed E-state index contributed by atoms with van der Waals surface area (Å²) in [6.07, 6.45) is 0.593. The molecule has 0 N–H and O–H groups in total. The summed E-state index contributed by atoms with van der Waals surface area (Å²) in [7, 11) is 1.57. The van der Waals surface area contributed by atoms with Gasteiger partial charge < -0.3 is 4.74 Å². The van der Waals surface area contributed by atoms with E-state index in [0.717, 1.165) is 21.7 Å². The van der Waals surface area contributed by atoms with Crippen molar-refractivity contribution in [3.05, 3.63) is 75.0 Å². The minimum absolute atomic E-state index is 0.245. The van der Waals surface area contributed by atoms with E-state index in [4.69, 9.17) is 4.74 Å². The molecule has 9 heteroatoms. The maximum absolute atomic E-state index is 12.3. The van der Waals surface area contributed by atoms with Crippen LogP contribution in [0.4, 0.5) is 0 Å². The molecule has 0 unspecified atom stereocenters. The van der Waals surface area contributed by atoms with Gasteiger partial charge in [0.1, 0.15) is 6.61 Å². The number of aryl methyl sites for hydroxylation is 2. The van der Waals surface area contributed by atoms with E-state index >= 15 is 0 Å². The molecule has 2 aromatic carbocycles. The second kappa shape index (κ2) is 9.27. The topological polar surface area (TPSA) is 86.7 Å². The van der Waals surface area contributed by atoms with E-state index in [1.165, 1.54) is 19.4 Å². The van der Waals surface area contributed by atoms with Gasteiger partial charge in [-0.05, 0) is 53.4 Å². The quantitative estimate of drug-likeness (QED) is 0.251. The van der Waals surface area contributed by atoms with Crippen molar-refractivity contribution in [3.8, 4) is 5.69 Å². The van der Waals surface area contributed by atoms with Gasteiger partial charge in [0, 0.05) is 23.7 Å². The highest BCUT2D eigenvalue weighted by Gasteiger charge is 2.14. The number of hydrogen-bond acceptors (Lipinski definition) is 7. The molecule has 0 atom stereocenters. The maximum atomic E-state index is 12.3. The Kier molecular flexibility index (Phi) is 6.27. The van der Waals surface area contributed by atoms with Crippen LogP contribution >= 0.6 is 11.3 Å². The minimum Gasteiger partial charge on any atom is -0.475 e. The highest BCUT2D eigenvalue weighted by Crippen LogP contribution is 2.26. The van der Waals surface area contributed by atoms with Crippen LogP contribution < -0.4 is 5.69 Å². The average Bonchev–Trinajstić information content (AvgIpc) is 3.38. The first-order valence-corrected chi connectivity index (χ1v) is 11.1.